The predicted molar refractivity (Wildman–Crippen MR) is 49.4 cm³/mol. The van der Waals surface area contributed by atoms with Crippen molar-refractivity contribution in [1.29, 1.82) is 0 Å². The summed E-state index contributed by atoms with van der Waals surface area (Å²) in [5, 5.41) is 0. The summed E-state index contributed by atoms with van der Waals surface area (Å²) < 4.78 is 0. The van der Waals surface area contributed by atoms with Crippen molar-refractivity contribution in [3.8, 4) is 0 Å². The Morgan fingerprint density at radius 3 is 2.55 bits per heavy atom. The van der Waals surface area contributed by atoms with E-state index in [1.807, 2.05) is 0 Å². The van der Waals surface area contributed by atoms with Crippen molar-refractivity contribution in [3.63, 3.8) is 0 Å². The third kappa shape index (κ3) is 3.57. The van der Waals surface area contributed by atoms with Gasteiger partial charge in [0.05, 0.1) is 0 Å². The van der Waals surface area contributed by atoms with Crippen molar-refractivity contribution < 1.29 is 0 Å². The lowest BCUT2D eigenvalue weighted by Crippen LogP contribution is -2.03. The third-order valence-electron chi connectivity index (χ3n) is 2.39. The molecular formula is C10H19N. The Morgan fingerprint density at radius 1 is 1.18 bits per heavy atom. The summed E-state index contributed by atoms with van der Waals surface area (Å²) in [6, 6.07) is 0. The molecule has 1 heteroatoms. The van der Waals surface area contributed by atoms with Gasteiger partial charge < -0.3 is 5.73 Å². The largest absolute Gasteiger partial charge is 0.330 e. The fourth-order valence-corrected chi connectivity index (χ4v) is 1.71. The van der Waals surface area contributed by atoms with Gasteiger partial charge in [0, 0.05) is 0 Å². The first-order chi connectivity index (χ1) is 5.43. The summed E-state index contributed by atoms with van der Waals surface area (Å²) in [4.78, 5) is 0. The summed E-state index contributed by atoms with van der Waals surface area (Å²) in [6.45, 7) is 0.795. The molecule has 0 heterocycles. The zero-order valence-electron chi connectivity index (χ0n) is 7.26. The average molecular weight is 153 g/mol. The van der Waals surface area contributed by atoms with Crippen molar-refractivity contribution in [2.75, 3.05) is 6.54 Å². The van der Waals surface area contributed by atoms with Gasteiger partial charge in [-0.15, -0.1) is 0 Å². The summed E-state index contributed by atoms with van der Waals surface area (Å²) in [5.74, 6) is 0.871. The number of allylic oxidation sites excluding steroid dienone is 1. The third-order valence-corrected chi connectivity index (χ3v) is 2.39. The molecule has 64 valence electrons. The minimum atomic E-state index is 0.795. The van der Waals surface area contributed by atoms with Crippen LogP contribution in [0.5, 0.6) is 0 Å². The summed E-state index contributed by atoms with van der Waals surface area (Å²) in [5.41, 5.74) is 5.39. The van der Waals surface area contributed by atoms with Crippen LogP contribution in [0.25, 0.3) is 0 Å². The molecule has 1 fully saturated rings. The molecule has 1 nitrogen and oxygen atoms in total. The molecule has 0 bridgehead atoms. The minimum Gasteiger partial charge on any atom is -0.330 e. The van der Waals surface area contributed by atoms with Crippen LogP contribution in [0.1, 0.15) is 38.5 Å². The van der Waals surface area contributed by atoms with Crippen LogP contribution in [0, 0.1) is 5.92 Å². The number of rotatable bonds is 3. The highest BCUT2D eigenvalue weighted by molar-refractivity contribution is 4.89. The molecule has 0 saturated heterocycles. The van der Waals surface area contributed by atoms with Gasteiger partial charge in [0.15, 0.2) is 0 Å². The Morgan fingerprint density at radius 2 is 1.91 bits per heavy atom. The van der Waals surface area contributed by atoms with Gasteiger partial charge in [-0.1, -0.05) is 31.4 Å². The first-order valence-corrected chi connectivity index (χ1v) is 4.80. The van der Waals surface area contributed by atoms with E-state index in [2.05, 4.69) is 12.2 Å². The van der Waals surface area contributed by atoms with Crippen LogP contribution < -0.4 is 5.73 Å². The first kappa shape index (κ1) is 8.79. The second-order valence-electron chi connectivity index (χ2n) is 3.40. The van der Waals surface area contributed by atoms with Crippen LogP contribution in [0.2, 0.25) is 0 Å². The molecule has 0 radical (unpaired) electrons. The van der Waals surface area contributed by atoms with Crippen LogP contribution in [0.15, 0.2) is 12.2 Å². The van der Waals surface area contributed by atoms with E-state index in [4.69, 9.17) is 5.73 Å². The Labute approximate surface area is 69.7 Å². The summed E-state index contributed by atoms with van der Waals surface area (Å²) >= 11 is 0. The highest BCUT2D eigenvalue weighted by atomic mass is 14.5. The molecule has 1 aliphatic rings. The number of hydrogen-bond acceptors (Lipinski definition) is 1. The molecule has 2 N–H and O–H groups in total. The fraction of sp³-hybridized carbons (Fsp3) is 0.800. The maximum atomic E-state index is 5.39. The van der Waals surface area contributed by atoms with Crippen LogP contribution in [0.4, 0.5) is 0 Å². The van der Waals surface area contributed by atoms with Crippen molar-refractivity contribution in [2.45, 2.75) is 38.5 Å². The quantitative estimate of drug-likeness (QED) is 0.619. The molecular weight excluding hydrogens is 134 g/mol. The maximum absolute atomic E-state index is 5.39. The molecule has 1 saturated carbocycles. The zero-order chi connectivity index (χ0) is 7.94. The van der Waals surface area contributed by atoms with Gasteiger partial charge >= 0.3 is 0 Å². The highest BCUT2D eigenvalue weighted by Crippen LogP contribution is 2.24. The van der Waals surface area contributed by atoms with Crippen LogP contribution >= 0.6 is 0 Å². The Bertz CT molecular complexity index is 112. The Kier molecular flexibility index (Phi) is 4.29. The van der Waals surface area contributed by atoms with Gasteiger partial charge in [-0.25, -0.2) is 0 Å². The number of hydrogen-bond donors (Lipinski definition) is 1. The average Bonchev–Trinajstić information content (AvgIpc) is 2.07. The van der Waals surface area contributed by atoms with Gasteiger partial charge in [-0.2, -0.15) is 0 Å². The van der Waals surface area contributed by atoms with Crippen molar-refractivity contribution in [3.05, 3.63) is 12.2 Å². The van der Waals surface area contributed by atoms with Crippen LogP contribution in [0.3, 0.4) is 0 Å². The fourth-order valence-electron chi connectivity index (χ4n) is 1.71. The SMILES string of the molecule is NCCC=CC1CCCCC1. The Hall–Kier alpha value is -0.300. The van der Waals surface area contributed by atoms with Crippen molar-refractivity contribution >= 4 is 0 Å². The predicted octanol–water partition coefficient (Wildman–Crippen LogP) is 2.47. The molecule has 0 atom stereocenters. The van der Waals surface area contributed by atoms with E-state index in [0.29, 0.717) is 0 Å². The zero-order valence-corrected chi connectivity index (χ0v) is 7.26. The summed E-state index contributed by atoms with van der Waals surface area (Å²) in [7, 11) is 0. The van der Waals surface area contributed by atoms with Gasteiger partial charge in [0.25, 0.3) is 0 Å². The van der Waals surface area contributed by atoms with Gasteiger partial charge in [0.2, 0.25) is 0 Å². The molecule has 0 aromatic carbocycles. The number of nitrogens with two attached hydrogens (primary N) is 1. The van der Waals surface area contributed by atoms with Crippen LogP contribution in [-0.2, 0) is 0 Å². The molecule has 0 spiro atoms. The van der Waals surface area contributed by atoms with E-state index in [1.54, 1.807) is 0 Å². The van der Waals surface area contributed by atoms with Crippen molar-refractivity contribution in [2.24, 2.45) is 11.7 Å². The normalized spacial score (nSPS) is 21.2. The van der Waals surface area contributed by atoms with E-state index in [9.17, 15) is 0 Å². The summed E-state index contributed by atoms with van der Waals surface area (Å²) in [6.07, 6.45) is 12.8. The Balaban J connectivity index is 2.13. The van der Waals surface area contributed by atoms with E-state index >= 15 is 0 Å². The van der Waals surface area contributed by atoms with E-state index in [-0.39, 0.29) is 0 Å². The molecule has 0 aromatic rings. The maximum Gasteiger partial charge on any atom is -0.00426 e. The second-order valence-corrected chi connectivity index (χ2v) is 3.40. The highest BCUT2D eigenvalue weighted by Gasteiger charge is 2.08. The van der Waals surface area contributed by atoms with Gasteiger partial charge in [0.1, 0.15) is 0 Å². The van der Waals surface area contributed by atoms with E-state index < -0.39 is 0 Å². The second kappa shape index (κ2) is 5.36. The smallest absolute Gasteiger partial charge is 0.00426 e. The molecule has 0 amide bonds. The topological polar surface area (TPSA) is 26.0 Å². The molecule has 11 heavy (non-hydrogen) atoms. The van der Waals surface area contributed by atoms with Crippen LogP contribution in [-0.4, -0.2) is 6.54 Å². The van der Waals surface area contributed by atoms with E-state index in [0.717, 1.165) is 18.9 Å². The van der Waals surface area contributed by atoms with Gasteiger partial charge in [-0.3, -0.25) is 0 Å². The molecule has 1 aliphatic carbocycles. The molecule has 0 aliphatic heterocycles. The molecule has 0 aromatic heterocycles. The molecule has 0 unspecified atom stereocenters. The van der Waals surface area contributed by atoms with E-state index in [1.165, 1.54) is 32.1 Å². The lowest BCUT2D eigenvalue weighted by molar-refractivity contribution is 0.419. The minimum absolute atomic E-state index is 0.795. The first-order valence-electron chi connectivity index (χ1n) is 4.80. The monoisotopic (exact) mass is 153 g/mol. The lowest BCUT2D eigenvalue weighted by Gasteiger charge is -2.17. The standard InChI is InChI=1S/C10H19N/c11-9-5-4-8-10-6-2-1-3-7-10/h4,8,10H,1-3,5-7,9,11H2. The van der Waals surface area contributed by atoms with Gasteiger partial charge in [-0.05, 0) is 31.7 Å². The van der Waals surface area contributed by atoms with Crippen molar-refractivity contribution in [1.82, 2.24) is 0 Å². The lowest BCUT2D eigenvalue weighted by atomic mass is 9.89. The molecule has 1 rings (SSSR count).